The lowest BCUT2D eigenvalue weighted by Gasteiger charge is -2.13. The summed E-state index contributed by atoms with van der Waals surface area (Å²) in [6.45, 7) is 0. The molecule has 0 radical (unpaired) electrons. The molecule has 0 spiro atoms. The van der Waals surface area contributed by atoms with E-state index in [0.29, 0.717) is 0 Å². The zero-order valence-corrected chi connectivity index (χ0v) is 68.9. The zero-order valence-electron chi connectivity index (χ0n) is 66.5. The summed E-state index contributed by atoms with van der Waals surface area (Å²) in [5.41, 5.74) is 29.7. The molecule has 0 N–H and O–H groups in total. The molecule has 24 aromatic rings. The molecular formula is C114H72N6S3. The Kier molecular flexibility index (Phi) is 19.5. The van der Waals surface area contributed by atoms with E-state index in [1.165, 1.54) is 99.5 Å². The second-order valence-electron chi connectivity index (χ2n) is 30.6. The van der Waals surface area contributed by atoms with Gasteiger partial charge in [0.25, 0.3) is 0 Å². The predicted molar refractivity (Wildman–Crippen MR) is 523 cm³/mol. The maximum Gasteiger partial charge on any atom is 0.160 e. The van der Waals surface area contributed by atoms with Crippen LogP contribution in [-0.4, -0.2) is 29.9 Å². The molecule has 0 aliphatic rings. The van der Waals surface area contributed by atoms with Crippen molar-refractivity contribution in [1.82, 2.24) is 29.9 Å². The van der Waals surface area contributed by atoms with Crippen LogP contribution in [0.4, 0.5) is 0 Å². The summed E-state index contributed by atoms with van der Waals surface area (Å²) in [6.07, 6.45) is 0. The highest BCUT2D eigenvalue weighted by atomic mass is 32.1. The first-order valence-corrected chi connectivity index (χ1v) is 43.7. The van der Waals surface area contributed by atoms with Gasteiger partial charge in [-0.2, -0.15) is 0 Å². The quantitative estimate of drug-likeness (QED) is 0.121. The Morgan fingerprint density at radius 1 is 0.146 bits per heavy atom. The number of rotatable bonds is 12. The molecule has 0 amide bonds. The topological polar surface area (TPSA) is 77.3 Å². The minimum atomic E-state index is 0.740. The highest BCUT2D eigenvalue weighted by Crippen LogP contribution is 2.46. The lowest BCUT2D eigenvalue weighted by atomic mass is 9.96. The molecule has 0 saturated heterocycles. The Morgan fingerprint density at radius 2 is 0.447 bits per heavy atom. The molecular weight excluding hydrogens is 1550 g/mol. The van der Waals surface area contributed by atoms with Gasteiger partial charge in [0.1, 0.15) is 0 Å². The Bertz CT molecular complexity index is 8020. The summed E-state index contributed by atoms with van der Waals surface area (Å²) in [6, 6.07) is 154. The predicted octanol–water partition coefficient (Wildman–Crippen LogP) is 32.0. The highest BCUT2D eigenvalue weighted by molar-refractivity contribution is 7.26. The van der Waals surface area contributed by atoms with Crippen LogP contribution in [0, 0.1) is 0 Å². The molecule has 0 aliphatic carbocycles. The average Bonchev–Trinajstić information content (AvgIpc) is 1.45. The maximum absolute atomic E-state index is 5.29. The number of thiophene rings is 3. The van der Waals surface area contributed by atoms with Crippen molar-refractivity contribution in [3.8, 4) is 134 Å². The lowest BCUT2D eigenvalue weighted by molar-refractivity contribution is 1.23. The summed E-state index contributed by atoms with van der Waals surface area (Å²) in [7, 11) is 0. The van der Waals surface area contributed by atoms with Gasteiger partial charge in [-0.15, -0.1) is 34.0 Å². The van der Waals surface area contributed by atoms with Gasteiger partial charge in [-0.1, -0.05) is 370 Å². The fourth-order valence-corrected chi connectivity index (χ4v) is 20.5. The van der Waals surface area contributed by atoms with Crippen molar-refractivity contribution in [2.45, 2.75) is 0 Å². The van der Waals surface area contributed by atoms with E-state index < -0.39 is 0 Å². The van der Waals surface area contributed by atoms with Gasteiger partial charge in [-0.05, 0) is 128 Å². The van der Waals surface area contributed by atoms with Gasteiger partial charge in [0.05, 0.1) is 56.1 Å². The van der Waals surface area contributed by atoms with Crippen LogP contribution in [0.3, 0.4) is 0 Å². The van der Waals surface area contributed by atoms with E-state index in [0.717, 1.165) is 128 Å². The zero-order chi connectivity index (χ0) is 81.5. The third-order valence-corrected chi connectivity index (χ3v) is 26.5. The van der Waals surface area contributed by atoms with Crippen LogP contribution in [0.2, 0.25) is 0 Å². The van der Waals surface area contributed by atoms with Crippen LogP contribution in [0.15, 0.2) is 437 Å². The van der Waals surface area contributed by atoms with Crippen molar-refractivity contribution in [2.75, 3.05) is 0 Å². The second-order valence-corrected chi connectivity index (χ2v) is 33.9. The van der Waals surface area contributed by atoms with Crippen molar-refractivity contribution < 1.29 is 0 Å². The minimum absolute atomic E-state index is 0.740. The molecule has 24 rings (SSSR count). The molecule has 6 aromatic heterocycles. The fraction of sp³-hybridized carbons (Fsp3) is 0. The molecule has 0 unspecified atom stereocenters. The van der Waals surface area contributed by atoms with Gasteiger partial charge in [-0.25, -0.2) is 29.9 Å². The van der Waals surface area contributed by atoms with Gasteiger partial charge in [0.15, 0.2) is 5.82 Å². The fourth-order valence-electron chi connectivity index (χ4n) is 17.1. The van der Waals surface area contributed by atoms with E-state index in [1.807, 2.05) is 119 Å². The highest BCUT2D eigenvalue weighted by Gasteiger charge is 2.21. The van der Waals surface area contributed by atoms with E-state index in [-0.39, 0.29) is 0 Å². The molecule has 0 bridgehead atoms. The van der Waals surface area contributed by atoms with Crippen LogP contribution < -0.4 is 0 Å². The van der Waals surface area contributed by atoms with Crippen LogP contribution in [0.1, 0.15) is 0 Å². The molecule has 0 fully saturated rings. The van der Waals surface area contributed by atoms with Gasteiger partial charge < -0.3 is 0 Å². The first-order valence-electron chi connectivity index (χ1n) is 41.3. The molecule has 0 saturated carbocycles. The number of hydrogen-bond acceptors (Lipinski definition) is 9. The second kappa shape index (κ2) is 32.4. The molecule has 123 heavy (non-hydrogen) atoms. The Hall–Kier alpha value is -15.4. The summed E-state index contributed by atoms with van der Waals surface area (Å²) < 4.78 is 7.95. The van der Waals surface area contributed by atoms with Crippen molar-refractivity contribution in [3.63, 3.8) is 0 Å². The van der Waals surface area contributed by atoms with Crippen molar-refractivity contribution in [2.24, 2.45) is 0 Å². The molecule has 6 nitrogen and oxygen atoms in total. The van der Waals surface area contributed by atoms with Gasteiger partial charge >= 0.3 is 0 Å². The number of aromatic nitrogens is 6. The SMILES string of the molecule is c1ccc(-c2nc(-c3ccccc3)c3cc(-c4ccc(-c5cccc6sc7ccccc7c56)cc4)ccc3n2)cc1.c1ccc(-c2nc3ccc(-c4ccc(-c5cccc6sc7ccccc7c56)cc4)cc3nc2-c2ccccc2)cc1.c1ccc(-c2nc3cccc(-c4ccc(-c5cccc6sc7ccccc7c56)cc4)c3nc2-c2ccccc2)cc1. The molecule has 576 valence electrons. The van der Waals surface area contributed by atoms with Crippen LogP contribution in [0.5, 0.6) is 0 Å². The van der Waals surface area contributed by atoms with Crippen LogP contribution >= 0.6 is 34.0 Å². The molecule has 0 atom stereocenters. The molecule has 9 heteroatoms. The van der Waals surface area contributed by atoms with Gasteiger partial charge in [0.2, 0.25) is 0 Å². The van der Waals surface area contributed by atoms with Gasteiger partial charge in [0, 0.05) is 105 Å². The number of benzene rings is 18. The van der Waals surface area contributed by atoms with Crippen molar-refractivity contribution in [3.05, 3.63) is 437 Å². The first kappa shape index (κ1) is 74.0. The molecule has 6 heterocycles. The van der Waals surface area contributed by atoms with E-state index in [2.05, 4.69) is 352 Å². The Balaban J connectivity index is 0.000000110. The smallest absolute Gasteiger partial charge is 0.160 e. The summed E-state index contributed by atoms with van der Waals surface area (Å²) >= 11 is 5.57. The molecule has 0 aliphatic heterocycles. The minimum Gasteiger partial charge on any atom is -0.244 e. The normalized spacial score (nSPS) is 11.4. The monoisotopic (exact) mass is 1620 g/mol. The summed E-state index contributed by atoms with van der Waals surface area (Å²) in [5, 5.41) is 9.02. The average molecular weight is 1620 g/mol. The largest absolute Gasteiger partial charge is 0.244 e. The Morgan fingerprint density at radius 3 is 0.870 bits per heavy atom. The van der Waals surface area contributed by atoms with E-state index in [9.17, 15) is 0 Å². The third-order valence-electron chi connectivity index (χ3n) is 23.1. The maximum atomic E-state index is 5.29. The van der Waals surface area contributed by atoms with E-state index in [1.54, 1.807) is 0 Å². The third kappa shape index (κ3) is 14.3. The van der Waals surface area contributed by atoms with E-state index >= 15 is 0 Å². The Labute approximate surface area is 723 Å². The van der Waals surface area contributed by atoms with Crippen molar-refractivity contribution in [1.29, 1.82) is 0 Å². The number of para-hydroxylation sites is 1. The summed E-state index contributed by atoms with van der Waals surface area (Å²) in [4.78, 5) is 30.7. The van der Waals surface area contributed by atoms with Gasteiger partial charge in [-0.3, -0.25) is 0 Å². The van der Waals surface area contributed by atoms with Crippen molar-refractivity contribution >= 4 is 127 Å². The lowest BCUT2D eigenvalue weighted by Crippen LogP contribution is -1.97. The number of hydrogen-bond donors (Lipinski definition) is 0. The number of nitrogens with zero attached hydrogens (tertiary/aromatic N) is 6. The van der Waals surface area contributed by atoms with E-state index in [4.69, 9.17) is 29.9 Å². The van der Waals surface area contributed by atoms with Crippen LogP contribution in [0.25, 0.3) is 228 Å². The first-order chi connectivity index (χ1) is 61.0. The molecule has 18 aromatic carbocycles. The summed E-state index contributed by atoms with van der Waals surface area (Å²) in [5.74, 6) is 0.740. The standard InChI is InChI=1S/3C38H24N2S/c1-3-11-27(12-4-1)36-37(28-13-5-2-6-14-28)40-38-30(17-9-18-32(38)39-36)26-23-21-25(22-24-26)29-16-10-20-34-35(29)31-15-7-8-19-33(31)41-34;1-3-10-27(11-4-1)37-32-24-29(22-23-33(32)39-38(40-37)28-12-5-2-6-13-28)25-18-20-26(21-19-25)30-15-9-17-35-36(30)31-14-7-8-16-34(31)41-35;1-3-10-27(11-4-1)37-38(28-12-5-2-6-13-28)40-33-24-29(22-23-32(33)39-37)25-18-20-26(21-19-25)30-15-9-17-35-36(30)31-14-7-8-16-34(31)41-35/h3*1-24H. The van der Waals surface area contributed by atoms with Crippen LogP contribution in [-0.2, 0) is 0 Å². The number of fused-ring (bicyclic) bond motifs is 12.